The molecule has 132 valence electrons. The zero-order valence-corrected chi connectivity index (χ0v) is 14.8. The zero-order valence-electron chi connectivity index (χ0n) is 14.0. The summed E-state index contributed by atoms with van der Waals surface area (Å²) in [6.07, 6.45) is 5.61. The van der Waals surface area contributed by atoms with Gasteiger partial charge in [-0.2, -0.15) is 0 Å². The molecule has 2 fully saturated rings. The van der Waals surface area contributed by atoms with Gasteiger partial charge in [0.1, 0.15) is 5.82 Å². The van der Waals surface area contributed by atoms with E-state index < -0.39 is 6.10 Å². The fourth-order valence-electron chi connectivity index (χ4n) is 3.91. The van der Waals surface area contributed by atoms with Crippen molar-refractivity contribution in [3.05, 3.63) is 35.6 Å². The van der Waals surface area contributed by atoms with Gasteiger partial charge in [0.2, 0.25) is 0 Å². The van der Waals surface area contributed by atoms with E-state index in [1.54, 1.807) is 12.1 Å². The molecule has 0 saturated carbocycles. The van der Waals surface area contributed by atoms with E-state index in [0.717, 1.165) is 44.0 Å². The molecule has 2 saturated heterocycles. The molecule has 1 aromatic carbocycles. The molecule has 0 bridgehead atoms. The second kappa shape index (κ2) is 8.37. The molecule has 0 amide bonds. The number of hydrogen-bond donors (Lipinski definition) is 1. The van der Waals surface area contributed by atoms with Crippen molar-refractivity contribution >= 4 is 17.2 Å². The van der Waals surface area contributed by atoms with Gasteiger partial charge in [0.25, 0.3) is 0 Å². The molecule has 3 atom stereocenters. The maximum atomic E-state index is 13.0. The van der Waals surface area contributed by atoms with Crippen LogP contribution in [0.1, 0.15) is 50.2 Å². The Kier molecular flexibility index (Phi) is 6.19. The van der Waals surface area contributed by atoms with Crippen LogP contribution in [0, 0.1) is 11.7 Å². The van der Waals surface area contributed by atoms with Crippen molar-refractivity contribution in [1.29, 1.82) is 0 Å². The second-order valence-electron chi connectivity index (χ2n) is 6.90. The molecule has 5 heteroatoms. The highest BCUT2D eigenvalue weighted by Gasteiger charge is 2.33. The molecule has 2 heterocycles. The van der Waals surface area contributed by atoms with Gasteiger partial charge in [-0.3, -0.25) is 0 Å². The van der Waals surface area contributed by atoms with Gasteiger partial charge >= 0.3 is 0 Å². The van der Waals surface area contributed by atoms with E-state index in [4.69, 9.17) is 17.0 Å². The molecule has 2 aliphatic rings. The number of aliphatic hydroxyl groups is 1. The molecular formula is C19H26FNO2S. The van der Waals surface area contributed by atoms with Gasteiger partial charge in [-0.15, -0.1) is 0 Å². The van der Waals surface area contributed by atoms with Crippen LogP contribution in [0.4, 0.5) is 4.39 Å². The van der Waals surface area contributed by atoms with Crippen LogP contribution in [0.2, 0.25) is 0 Å². The fraction of sp³-hybridized carbons (Fsp3) is 0.632. The van der Waals surface area contributed by atoms with E-state index in [0.29, 0.717) is 23.9 Å². The summed E-state index contributed by atoms with van der Waals surface area (Å²) in [5.41, 5.74) is 0.716. The first kappa shape index (κ1) is 17.8. The predicted molar refractivity (Wildman–Crippen MR) is 96.5 cm³/mol. The molecule has 1 N–H and O–H groups in total. The third-order valence-electron chi connectivity index (χ3n) is 5.23. The topological polar surface area (TPSA) is 32.7 Å². The minimum Gasteiger partial charge on any atom is -0.388 e. The first-order chi connectivity index (χ1) is 11.6. The standard InChI is InChI=1S/C19H26FNO2S/c20-16-8-6-14(7-9-16)18(22)12-19(24)21-10-2-1-5-17(21)15-4-3-11-23-13-15/h6-9,15,17-18,22H,1-5,10-13H2. The molecule has 0 spiro atoms. The van der Waals surface area contributed by atoms with Gasteiger partial charge in [-0.25, -0.2) is 4.39 Å². The Morgan fingerprint density at radius 3 is 2.75 bits per heavy atom. The summed E-state index contributed by atoms with van der Waals surface area (Å²) in [4.78, 5) is 3.15. The summed E-state index contributed by atoms with van der Waals surface area (Å²) >= 11 is 5.67. The van der Waals surface area contributed by atoms with Crippen molar-refractivity contribution in [2.45, 2.75) is 50.7 Å². The molecule has 0 aliphatic carbocycles. The number of likely N-dealkylation sites (tertiary alicyclic amines) is 1. The highest BCUT2D eigenvalue weighted by Crippen LogP contribution is 2.31. The molecule has 3 unspecified atom stereocenters. The van der Waals surface area contributed by atoms with Gasteiger partial charge < -0.3 is 14.7 Å². The van der Waals surface area contributed by atoms with E-state index in [1.165, 1.54) is 25.0 Å². The number of ether oxygens (including phenoxy) is 1. The summed E-state index contributed by atoms with van der Waals surface area (Å²) in [6.45, 7) is 2.66. The Balaban J connectivity index is 1.63. The Labute approximate surface area is 148 Å². The molecule has 0 radical (unpaired) electrons. The summed E-state index contributed by atoms with van der Waals surface area (Å²) in [5, 5.41) is 10.4. The van der Waals surface area contributed by atoms with Gasteiger partial charge in [-0.1, -0.05) is 24.4 Å². The van der Waals surface area contributed by atoms with Gasteiger partial charge in [0.15, 0.2) is 0 Å². The maximum absolute atomic E-state index is 13.0. The Bertz CT molecular complexity index is 545. The lowest BCUT2D eigenvalue weighted by Gasteiger charge is -2.43. The van der Waals surface area contributed by atoms with Gasteiger partial charge in [0.05, 0.1) is 17.7 Å². The highest BCUT2D eigenvalue weighted by atomic mass is 32.1. The van der Waals surface area contributed by atoms with Crippen LogP contribution in [-0.4, -0.2) is 40.8 Å². The largest absolute Gasteiger partial charge is 0.388 e. The third-order valence-corrected chi connectivity index (χ3v) is 5.63. The van der Waals surface area contributed by atoms with Crippen molar-refractivity contribution in [3.8, 4) is 0 Å². The molecule has 1 aromatic rings. The van der Waals surface area contributed by atoms with Crippen molar-refractivity contribution < 1.29 is 14.2 Å². The van der Waals surface area contributed by atoms with Crippen molar-refractivity contribution in [2.24, 2.45) is 5.92 Å². The lowest BCUT2D eigenvalue weighted by atomic mass is 9.86. The summed E-state index contributed by atoms with van der Waals surface area (Å²) in [6, 6.07) is 6.46. The zero-order chi connectivity index (χ0) is 16.9. The number of thiocarbonyl (C=S) groups is 1. The molecular weight excluding hydrogens is 325 g/mol. The number of hydrogen-bond acceptors (Lipinski definition) is 3. The predicted octanol–water partition coefficient (Wildman–Crippen LogP) is 3.86. The molecule has 2 aliphatic heterocycles. The average molecular weight is 351 g/mol. The van der Waals surface area contributed by atoms with E-state index in [-0.39, 0.29) is 5.82 Å². The van der Waals surface area contributed by atoms with Crippen molar-refractivity contribution in [2.75, 3.05) is 19.8 Å². The van der Waals surface area contributed by atoms with Crippen LogP contribution in [0.3, 0.4) is 0 Å². The number of aliphatic hydroxyl groups excluding tert-OH is 1. The number of rotatable bonds is 4. The van der Waals surface area contributed by atoms with E-state index in [1.807, 2.05) is 0 Å². The Morgan fingerprint density at radius 2 is 2.04 bits per heavy atom. The second-order valence-corrected chi connectivity index (χ2v) is 7.37. The number of benzene rings is 1. The average Bonchev–Trinajstić information content (AvgIpc) is 2.63. The smallest absolute Gasteiger partial charge is 0.123 e. The van der Waals surface area contributed by atoms with Crippen LogP contribution in [0.5, 0.6) is 0 Å². The number of halogens is 1. The van der Waals surface area contributed by atoms with Crippen molar-refractivity contribution in [3.63, 3.8) is 0 Å². The lowest BCUT2D eigenvalue weighted by molar-refractivity contribution is 0.0149. The highest BCUT2D eigenvalue weighted by molar-refractivity contribution is 7.80. The fourth-order valence-corrected chi connectivity index (χ4v) is 4.30. The lowest BCUT2D eigenvalue weighted by Crippen LogP contribution is -2.49. The monoisotopic (exact) mass is 351 g/mol. The third kappa shape index (κ3) is 4.32. The Morgan fingerprint density at radius 1 is 1.25 bits per heavy atom. The molecule has 0 aromatic heterocycles. The Hall–Kier alpha value is -1.04. The van der Waals surface area contributed by atoms with E-state index in [2.05, 4.69) is 4.90 Å². The van der Waals surface area contributed by atoms with Crippen LogP contribution in [0.25, 0.3) is 0 Å². The maximum Gasteiger partial charge on any atom is 0.123 e. The first-order valence-electron chi connectivity index (χ1n) is 8.96. The number of piperidine rings is 1. The van der Waals surface area contributed by atoms with E-state index in [9.17, 15) is 9.50 Å². The normalized spacial score (nSPS) is 26.2. The van der Waals surface area contributed by atoms with Crippen LogP contribution < -0.4 is 0 Å². The van der Waals surface area contributed by atoms with Gasteiger partial charge in [-0.05, 0) is 49.8 Å². The summed E-state index contributed by atoms with van der Waals surface area (Å²) in [5.74, 6) is 0.252. The first-order valence-corrected chi connectivity index (χ1v) is 9.36. The molecule has 3 rings (SSSR count). The van der Waals surface area contributed by atoms with Crippen LogP contribution in [-0.2, 0) is 4.74 Å². The van der Waals surface area contributed by atoms with Crippen LogP contribution in [0.15, 0.2) is 24.3 Å². The van der Waals surface area contributed by atoms with Crippen LogP contribution >= 0.6 is 12.2 Å². The summed E-state index contributed by atoms with van der Waals surface area (Å²) < 4.78 is 18.7. The minimum atomic E-state index is -0.678. The van der Waals surface area contributed by atoms with E-state index >= 15 is 0 Å². The number of nitrogens with zero attached hydrogens (tertiary/aromatic N) is 1. The quantitative estimate of drug-likeness (QED) is 0.835. The molecule has 3 nitrogen and oxygen atoms in total. The van der Waals surface area contributed by atoms with Crippen molar-refractivity contribution in [1.82, 2.24) is 4.90 Å². The molecule has 24 heavy (non-hydrogen) atoms. The summed E-state index contributed by atoms with van der Waals surface area (Å²) in [7, 11) is 0. The minimum absolute atomic E-state index is 0.290. The van der Waals surface area contributed by atoms with Gasteiger partial charge in [0, 0.05) is 31.5 Å². The SMILES string of the molecule is OC(CC(=S)N1CCCCC1C1CCCOC1)c1ccc(F)cc1.